The van der Waals surface area contributed by atoms with E-state index >= 15 is 0 Å². The molecule has 0 atom stereocenters. The number of hydrogen-bond acceptors (Lipinski definition) is 5. The number of carbonyl (C=O) groups is 2. The Morgan fingerprint density at radius 1 is 1.05 bits per heavy atom. The lowest BCUT2D eigenvalue weighted by Crippen LogP contribution is -2.27. The van der Waals surface area contributed by atoms with Gasteiger partial charge >= 0.3 is 6.18 Å². The fourth-order valence-electron chi connectivity index (χ4n) is 3.33. The Morgan fingerprint density at radius 3 is 2.46 bits per heavy atom. The minimum atomic E-state index is -4.55. The number of anilines is 2. The van der Waals surface area contributed by atoms with Crippen LogP contribution in [0.15, 0.2) is 71.6 Å². The smallest absolute Gasteiger partial charge is 0.416 e. The molecular formula is C25H15Cl2F3N2O3S2. The van der Waals surface area contributed by atoms with E-state index in [9.17, 15) is 22.8 Å². The molecule has 1 aliphatic rings. The molecule has 0 saturated carbocycles. The minimum Gasteiger partial charge on any atom is -0.484 e. The van der Waals surface area contributed by atoms with Crippen molar-refractivity contribution in [1.82, 2.24) is 0 Å². The number of rotatable bonds is 6. The predicted molar refractivity (Wildman–Crippen MR) is 144 cm³/mol. The molecule has 2 amide bonds. The third-order valence-electron chi connectivity index (χ3n) is 4.90. The zero-order valence-corrected chi connectivity index (χ0v) is 21.7. The van der Waals surface area contributed by atoms with Gasteiger partial charge in [0, 0.05) is 15.7 Å². The molecule has 37 heavy (non-hydrogen) atoms. The summed E-state index contributed by atoms with van der Waals surface area (Å²) < 4.78 is 45.0. The Kier molecular flexibility index (Phi) is 8.13. The number of ether oxygens (including phenoxy) is 1. The van der Waals surface area contributed by atoms with Gasteiger partial charge in [0.05, 0.1) is 16.2 Å². The van der Waals surface area contributed by atoms with Crippen LogP contribution in [0.3, 0.4) is 0 Å². The van der Waals surface area contributed by atoms with Crippen molar-refractivity contribution >= 4 is 80.8 Å². The van der Waals surface area contributed by atoms with Gasteiger partial charge in [0.2, 0.25) is 0 Å². The number of carbonyl (C=O) groups excluding carboxylic acids is 2. The molecule has 0 unspecified atom stereocenters. The van der Waals surface area contributed by atoms with Gasteiger partial charge in [-0.3, -0.25) is 14.5 Å². The normalized spacial score (nSPS) is 14.8. The lowest BCUT2D eigenvalue weighted by molar-refractivity contribution is -0.137. The van der Waals surface area contributed by atoms with Crippen molar-refractivity contribution in [1.29, 1.82) is 0 Å². The third-order valence-corrected chi connectivity index (χ3v) is 6.64. The first kappa shape index (κ1) is 27.0. The second-order valence-electron chi connectivity index (χ2n) is 7.63. The molecule has 1 aliphatic heterocycles. The zero-order valence-electron chi connectivity index (χ0n) is 18.5. The van der Waals surface area contributed by atoms with E-state index in [1.54, 1.807) is 42.5 Å². The molecule has 1 fully saturated rings. The largest absolute Gasteiger partial charge is 0.484 e. The number of thioether (sulfide) groups is 1. The Labute approximate surface area is 229 Å². The Hall–Kier alpha value is -3.05. The summed E-state index contributed by atoms with van der Waals surface area (Å²) in [7, 11) is 0. The maximum absolute atomic E-state index is 13.1. The van der Waals surface area contributed by atoms with Crippen LogP contribution in [0.1, 0.15) is 11.1 Å². The van der Waals surface area contributed by atoms with Gasteiger partial charge in [0.1, 0.15) is 5.75 Å². The van der Waals surface area contributed by atoms with Gasteiger partial charge in [-0.2, -0.15) is 13.2 Å². The van der Waals surface area contributed by atoms with Gasteiger partial charge in [0.25, 0.3) is 11.8 Å². The van der Waals surface area contributed by atoms with E-state index in [2.05, 4.69) is 5.32 Å². The first-order valence-electron chi connectivity index (χ1n) is 10.4. The first-order valence-corrected chi connectivity index (χ1v) is 12.4. The van der Waals surface area contributed by atoms with Crippen LogP contribution >= 0.6 is 47.2 Å². The average Bonchev–Trinajstić information content (AvgIpc) is 3.09. The highest BCUT2D eigenvalue weighted by atomic mass is 35.5. The molecule has 4 rings (SSSR count). The molecule has 0 aliphatic carbocycles. The molecule has 0 radical (unpaired) electrons. The van der Waals surface area contributed by atoms with E-state index in [0.717, 1.165) is 28.8 Å². The average molecular weight is 583 g/mol. The number of thiocarbonyl (C=S) groups is 1. The van der Waals surface area contributed by atoms with Crippen LogP contribution in [0, 0.1) is 0 Å². The summed E-state index contributed by atoms with van der Waals surface area (Å²) in [6.45, 7) is -0.300. The molecule has 5 nitrogen and oxygen atoms in total. The summed E-state index contributed by atoms with van der Waals surface area (Å²) in [6.07, 6.45) is -3.00. The second kappa shape index (κ2) is 11.1. The Balaban J connectivity index is 1.44. The zero-order chi connectivity index (χ0) is 26.7. The Bertz CT molecular complexity index is 1410. The van der Waals surface area contributed by atoms with Gasteiger partial charge in [-0.1, -0.05) is 65.4 Å². The van der Waals surface area contributed by atoms with Crippen molar-refractivity contribution in [3.05, 3.63) is 92.8 Å². The minimum absolute atomic E-state index is 0.0322. The molecule has 0 bridgehead atoms. The maximum Gasteiger partial charge on any atom is 0.416 e. The van der Waals surface area contributed by atoms with Crippen LogP contribution in [0.2, 0.25) is 10.0 Å². The highest BCUT2D eigenvalue weighted by Gasteiger charge is 2.36. The van der Waals surface area contributed by atoms with Crippen molar-refractivity contribution < 1.29 is 27.5 Å². The highest BCUT2D eigenvalue weighted by molar-refractivity contribution is 8.27. The summed E-state index contributed by atoms with van der Waals surface area (Å²) in [4.78, 5) is 26.5. The van der Waals surface area contributed by atoms with Crippen molar-refractivity contribution in [3.63, 3.8) is 0 Å². The summed E-state index contributed by atoms with van der Waals surface area (Å²) in [5.74, 6) is -0.618. The molecular weight excluding hydrogens is 568 g/mol. The molecule has 3 aromatic carbocycles. The topological polar surface area (TPSA) is 58.6 Å². The molecule has 0 aromatic heterocycles. The molecule has 1 heterocycles. The fraction of sp³-hybridized carbons (Fsp3) is 0.0800. The fourth-order valence-corrected chi connectivity index (χ4v) is 5.15. The van der Waals surface area contributed by atoms with E-state index in [1.165, 1.54) is 18.2 Å². The lowest BCUT2D eigenvalue weighted by Gasteiger charge is -2.16. The quantitative estimate of drug-likeness (QED) is 0.242. The lowest BCUT2D eigenvalue weighted by atomic mass is 10.1. The maximum atomic E-state index is 13.1. The SMILES string of the molecule is O=C(COc1cccc(/C=C2\SC(=S)N(c3cccc(C(F)(F)F)c3)C2=O)c1)Nc1cc(Cl)cc(Cl)c1. The van der Waals surface area contributed by atoms with Crippen molar-refractivity contribution in [2.75, 3.05) is 16.8 Å². The van der Waals surface area contributed by atoms with Crippen LogP contribution in [0.25, 0.3) is 6.08 Å². The van der Waals surface area contributed by atoms with Crippen LogP contribution in [-0.2, 0) is 15.8 Å². The van der Waals surface area contributed by atoms with Gasteiger partial charge in [-0.05, 0) is 60.2 Å². The van der Waals surface area contributed by atoms with Crippen LogP contribution < -0.4 is 15.0 Å². The van der Waals surface area contributed by atoms with Gasteiger partial charge in [-0.15, -0.1) is 0 Å². The number of benzene rings is 3. The molecule has 0 spiro atoms. The molecule has 1 saturated heterocycles. The monoisotopic (exact) mass is 582 g/mol. The molecule has 1 N–H and O–H groups in total. The summed E-state index contributed by atoms with van der Waals surface area (Å²) in [6, 6.07) is 15.7. The van der Waals surface area contributed by atoms with Gasteiger partial charge in [0.15, 0.2) is 10.9 Å². The summed E-state index contributed by atoms with van der Waals surface area (Å²) >= 11 is 18.1. The predicted octanol–water partition coefficient (Wildman–Crippen LogP) is 7.44. The standard InChI is InChI=1S/C25H15Cl2F3N2O3S2/c26-16-10-17(27)12-18(11-16)31-22(33)13-35-20-6-1-3-14(7-20)8-21-23(34)32(24(36)37-21)19-5-2-4-15(9-19)25(28,29)30/h1-12H,13H2,(H,31,33)/b21-8-. The number of nitrogens with zero attached hydrogens (tertiary/aromatic N) is 1. The number of alkyl halides is 3. The van der Waals surface area contributed by atoms with Crippen molar-refractivity contribution in [2.24, 2.45) is 0 Å². The third kappa shape index (κ3) is 6.84. The summed E-state index contributed by atoms with van der Waals surface area (Å²) in [5.41, 5.74) is 0.145. The van der Waals surface area contributed by atoms with E-state index in [0.29, 0.717) is 27.0 Å². The van der Waals surface area contributed by atoms with Crippen molar-refractivity contribution in [2.45, 2.75) is 6.18 Å². The number of amides is 2. The Morgan fingerprint density at radius 2 is 1.76 bits per heavy atom. The van der Waals surface area contributed by atoms with Crippen molar-refractivity contribution in [3.8, 4) is 5.75 Å². The van der Waals surface area contributed by atoms with E-state index in [1.807, 2.05) is 0 Å². The second-order valence-corrected chi connectivity index (χ2v) is 10.2. The summed E-state index contributed by atoms with van der Waals surface area (Å²) in [5, 5.41) is 3.37. The first-order chi connectivity index (χ1) is 17.5. The highest BCUT2D eigenvalue weighted by Crippen LogP contribution is 2.38. The van der Waals surface area contributed by atoms with Crippen LogP contribution in [-0.4, -0.2) is 22.7 Å². The van der Waals surface area contributed by atoms with Crippen LogP contribution in [0.5, 0.6) is 5.75 Å². The van der Waals surface area contributed by atoms with Crippen LogP contribution in [0.4, 0.5) is 24.5 Å². The van der Waals surface area contributed by atoms with Gasteiger partial charge < -0.3 is 10.1 Å². The van der Waals surface area contributed by atoms with E-state index in [-0.39, 0.29) is 21.5 Å². The molecule has 190 valence electrons. The number of nitrogens with one attached hydrogen (secondary N) is 1. The number of halogens is 5. The van der Waals surface area contributed by atoms with E-state index in [4.69, 9.17) is 40.2 Å². The van der Waals surface area contributed by atoms with E-state index < -0.39 is 23.6 Å². The van der Waals surface area contributed by atoms with Gasteiger partial charge in [-0.25, -0.2) is 0 Å². The molecule has 3 aromatic rings. The molecule has 12 heteroatoms. The number of hydrogen-bond donors (Lipinski definition) is 1.